The number of hydrogen-bond donors (Lipinski definition) is 2. The van der Waals surface area contributed by atoms with Gasteiger partial charge in [0.2, 0.25) is 0 Å². The maximum atomic E-state index is 12.0. The normalized spacial score (nSPS) is 16.7. The second-order valence-corrected chi connectivity index (χ2v) is 4.26. The van der Waals surface area contributed by atoms with E-state index in [0.717, 1.165) is 17.7 Å². The molecule has 0 aromatic carbocycles. The molecule has 0 spiro atoms. The van der Waals surface area contributed by atoms with Gasteiger partial charge in [0.25, 0.3) is 6.43 Å². The van der Waals surface area contributed by atoms with Crippen LogP contribution in [0.5, 0.6) is 0 Å². The third-order valence-corrected chi connectivity index (χ3v) is 2.65. The monoisotopic (exact) mass is 250 g/mol. The number of halogens is 2. The van der Waals surface area contributed by atoms with Crippen LogP contribution in [0.4, 0.5) is 13.6 Å². The number of carboxylic acid groups (broad SMARTS) is 1. The molecule has 1 rings (SSSR count). The van der Waals surface area contributed by atoms with E-state index in [2.05, 4.69) is 5.32 Å². The maximum Gasteiger partial charge on any atom is 0.317 e. The molecule has 1 atom stereocenters. The fourth-order valence-corrected chi connectivity index (χ4v) is 1.58. The molecule has 1 saturated carbocycles. The number of rotatable bonds is 6. The summed E-state index contributed by atoms with van der Waals surface area (Å²) in [5, 5.41) is 11.2. The van der Waals surface area contributed by atoms with E-state index in [-0.39, 0.29) is 12.3 Å². The smallest absolute Gasteiger partial charge is 0.317 e. The highest BCUT2D eigenvalue weighted by atomic mass is 19.3. The minimum Gasteiger partial charge on any atom is -0.481 e. The quantitative estimate of drug-likeness (QED) is 0.742. The Morgan fingerprint density at radius 1 is 1.47 bits per heavy atom. The number of carbonyl (C=O) groups excluding carboxylic acids is 1. The van der Waals surface area contributed by atoms with Gasteiger partial charge in [-0.15, -0.1) is 0 Å². The Kier molecular flexibility index (Phi) is 4.65. The molecule has 1 fully saturated rings. The Labute approximate surface area is 97.8 Å². The number of amides is 2. The molecule has 7 heteroatoms. The second-order valence-electron chi connectivity index (χ2n) is 4.26. The summed E-state index contributed by atoms with van der Waals surface area (Å²) in [6.45, 7) is -0.656. The number of carboxylic acids is 1. The van der Waals surface area contributed by atoms with Gasteiger partial charge in [0.1, 0.15) is 0 Å². The van der Waals surface area contributed by atoms with Gasteiger partial charge < -0.3 is 15.3 Å². The lowest BCUT2D eigenvalue weighted by atomic mass is 10.1. The van der Waals surface area contributed by atoms with E-state index in [9.17, 15) is 18.4 Å². The topological polar surface area (TPSA) is 69.6 Å². The first-order valence-electron chi connectivity index (χ1n) is 5.41. The third-order valence-electron chi connectivity index (χ3n) is 2.65. The number of nitrogens with zero attached hydrogens (tertiary/aromatic N) is 1. The molecule has 0 bridgehead atoms. The Hall–Kier alpha value is -1.40. The molecule has 0 heterocycles. The molecular formula is C10H16F2N2O3. The van der Waals surface area contributed by atoms with Gasteiger partial charge in [-0.05, 0) is 18.8 Å². The van der Waals surface area contributed by atoms with Crippen molar-refractivity contribution in [3.05, 3.63) is 0 Å². The van der Waals surface area contributed by atoms with Crippen LogP contribution in [0.3, 0.4) is 0 Å². The van der Waals surface area contributed by atoms with Crippen LogP contribution in [0.2, 0.25) is 0 Å². The van der Waals surface area contributed by atoms with Crippen molar-refractivity contribution in [1.82, 2.24) is 10.2 Å². The van der Waals surface area contributed by atoms with Crippen LogP contribution in [0.25, 0.3) is 0 Å². The minimum absolute atomic E-state index is 0.162. The van der Waals surface area contributed by atoms with Gasteiger partial charge in [-0.1, -0.05) is 0 Å². The molecule has 17 heavy (non-hydrogen) atoms. The Morgan fingerprint density at radius 3 is 2.47 bits per heavy atom. The van der Waals surface area contributed by atoms with E-state index in [0.29, 0.717) is 0 Å². The molecule has 0 aliphatic heterocycles. The summed E-state index contributed by atoms with van der Waals surface area (Å²) in [5.74, 6) is -0.839. The van der Waals surface area contributed by atoms with E-state index >= 15 is 0 Å². The molecule has 98 valence electrons. The van der Waals surface area contributed by atoms with Crippen molar-refractivity contribution in [2.24, 2.45) is 5.92 Å². The predicted molar refractivity (Wildman–Crippen MR) is 55.9 cm³/mol. The minimum atomic E-state index is -2.59. The summed E-state index contributed by atoms with van der Waals surface area (Å²) in [5.41, 5.74) is 0. The largest absolute Gasteiger partial charge is 0.481 e. The zero-order valence-electron chi connectivity index (χ0n) is 9.53. The highest BCUT2D eigenvalue weighted by molar-refractivity contribution is 5.75. The van der Waals surface area contributed by atoms with Gasteiger partial charge in [0.15, 0.2) is 0 Å². The van der Waals surface area contributed by atoms with Crippen LogP contribution in [-0.4, -0.2) is 48.1 Å². The summed E-state index contributed by atoms with van der Waals surface area (Å²) in [6.07, 6.45) is -1.02. The van der Waals surface area contributed by atoms with E-state index in [1.54, 1.807) is 0 Å². The first-order valence-corrected chi connectivity index (χ1v) is 5.41. The number of carbonyl (C=O) groups is 2. The molecule has 2 amide bonds. The van der Waals surface area contributed by atoms with Crippen molar-refractivity contribution >= 4 is 12.0 Å². The maximum absolute atomic E-state index is 12.0. The molecule has 1 aliphatic carbocycles. The van der Waals surface area contributed by atoms with E-state index in [1.807, 2.05) is 0 Å². The number of urea groups is 1. The lowest BCUT2D eigenvalue weighted by Gasteiger charge is -2.22. The molecule has 5 nitrogen and oxygen atoms in total. The molecule has 0 aromatic rings. The van der Waals surface area contributed by atoms with Crippen LogP contribution >= 0.6 is 0 Å². The third kappa shape index (κ3) is 4.97. The molecular weight excluding hydrogens is 234 g/mol. The summed E-state index contributed by atoms with van der Waals surface area (Å²) in [4.78, 5) is 22.9. The van der Waals surface area contributed by atoms with Crippen molar-refractivity contribution in [3.63, 3.8) is 0 Å². The van der Waals surface area contributed by atoms with Gasteiger partial charge >= 0.3 is 12.0 Å². The zero-order chi connectivity index (χ0) is 13.0. The number of nitrogens with one attached hydrogen (secondary N) is 1. The van der Waals surface area contributed by atoms with Gasteiger partial charge in [-0.2, -0.15) is 0 Å². The van der Waals surface area contributed by atoms with Crippen molar-refractivity contribution in [2.45, 2.75) is 31.7 Å². The Balaban J connectivity index is 2.43. The summed E-state index contributed by atoms with van der Waals surface area (Å²) >= 11 is 0. The number of hydrogen-bond acceptors (Lipinski definition) is 2. The summed E-state index contributed by atoms with van der Waals surface area (Å²) < 4.78 is 24.1. The SMILES string of the molecule is CN(CC(F)F)C(=O)NC(CC(=O)O)C1CC1. The zero-order valence-corrected chi connectivity index (χ0v) is 9.53. The molecule has 0 aromatic heterocycles. The van der Waals surface area contributed by atoms with Crippen LogP contribution in [0, 0.1) is 5.92 Å². The van der Waals surface area contributed by atoms with Crippen LogP contribution in [0.1, 0.15) is 19.3 Å². The standard InChI is InChI=1S/C10H16F2N2O3/c1-14(5-8(11)12)10(17)13-7(4-9(15)16)6-2-3-6/h6-8H,2-5H2,1H3,(H,13,17)(H,15,16). The molecule has 1 aliphatic rings. The number of aliphatic carboxylic acids is 1. The average Bonchev–Trinajstić information content (AvgIpc) is 2.97. The first kappa shape index (κ1) is 13.7. The summed E-state index contributed by atoms with van der Waals surface area (Å²) in [7, 11) is 1.26. The summed E-state index contributed by atoms with van der Waals surface area (Å²) in [6, 6.07) is -1.11. The van der Waals surface area contributed by atoms with Crippen LogP contribution in [-0.2, 0) is 4.79 Å². The molecule has 0 radical (unpaired) electrons. The molecule has 1 unspecified atom stereocenters. The average molecular weight is 250 g/mol. The Bertz CT molecular complexity index is 295. The second kappa shape index (κ2) is 5.79. The fraction of sp³-hybridized carbons (Fsp3) is 0.800. The highest BCUT2D eigenvalue weighted by Crippen LogP contribution is 2.34. The van der Waals surface area contributed by atoms with Crippen LogP contribution in [0.15, 0.2) is 0 Å². The van der Waals surface area contributed by atoms with Crippen molar-refractivity contribution in [3.8, 4) is 0 Å². The van der Waals surface area contributed by atoms with Crippen molar-refractivity contribution < 1.29 is 23.5 Å². The predicted octanol–water partition coefficient (Wildman–Crippen LogP) is 1.15. The molecule has 2 N–H and O–H groups in total. The lowest BCUT2D eigenvalue weighted by molar-refractivity contribution is -0.137. The van der Waals surface area contributed by atoms with Crippen LogP contribution < -0.4 is 5.32 Å². The highest BCUT2D eigenvalue weighted by Gasteiger charge is 2.34. The number of alkyl halides is 2. The van der Waals surface area contributed by atoms with Crippen molar-refractivity contribution in [1.29, 1.82) is 0 Å². The first-order chi connectivity index (χ1) is 7.90. The van der Waals surface area contributed by atoms with E-state index in [4.69, 9.17) is 5.11 Å². The van der Waals surface area contributed by atoms with Gasteiger partial charge in [0, 0.05) is 13.1 Å². The van der Waals surface area contributed by atoms with Gasteiger partial charge in [-0.3, -0.25) is 4.79 Å². The fourth-order valence-electron chi connectivity index (χ4n) is 1.58. The van der Waals surface area contributed by atoms with E-state index < -0.39 is 31.0 Å². The van der Waals surface area contributed by atoms with Gasteiger partial charge in [0.05, 0.1) is 13.0 Å². The Morgan fingerprint density at radius 2 is 2.06 bits per heavy atom. The molecule has 0 saturated heterocycles. The van der Waals surface area contributed by atoms with E-state index in [1.165, 1.54) is 7.05 Å². The van der Waals surface area contributed by atoms with Crippen molar-refractivity contribution in [2.75, 3.05) is 13.6 Å². The van der Waals surface area contributed by atoms with Gasteiger partial charge in [-0.25, -0.2) is 13.6 Å². The lowest BCUT2D eigenvalue weighted by Crippen LogP contribution is -2.46.